The second-order valence-corrected chi connectivity index (χ2v) is 4.85. The van der Waals surface area contributed by atoms with Gasteiger partial charge >= 0.3 is 5.97 Å². The van der Waals surface area contributed by atoms with Gasteiger partial charge in [-0.25, -0.2) is 0 Å². The quantitative estimate of drug-likeness (QED) is 0.654. The molecule has 0 fully saturated rings. The molecule has 4 heteroatoms. The highest BCUT2D eigenvalue weighted by atomic mass is 32.2. The molecule has 0 rings (SSSR count). The van der Waals surface area contributed by atoms with Crippen molar-refractivity contribution in [3.05, 3.63) is 0 Å². The molecule has 0 heterocycles. The average Bonchev–Trinajstić information content (AvgIpc) is 2.09. The van der Waals surface area contributed by atoms with Crippen LogP contribution >= 0.6 is 11.8 Å². The summed E-state index contributed by atoms with van der Waals surface area (Å²) in [7, 11) is 0. The van der Waals surface area contributed by atoms with Crippen molar-refractivity contribution in [2.75, 3.05) is 18.1 Å². The maximum absolute atomic E-state index is 10.8. The zero-order chi connectivity index (χ0) is 11.0. The van der Waals surface area contributed by atoms with Gasteiger partial charge in [0.25, 0.3) is 0 Å². The Kier molecular flexibility index (Phi) is 7.99. The fourth-order valence-electron chi connectivity index (χ4n) is 0.958. The molecular weight excluding hydrogens is 198 g/mol. The summed E-state index contributed by atoms with van der Waals surface area (Å²) in [6.45, 7) is 7.09. The van der Waals surface area contributed by atoms with E-state index in [-0.39, 0.29) is 0 Å². The van der Waals surface area contributed by atoms with E-state index < -0.39 is 12.0 Å². The Bertz CT molecular complexity index is 162. The molecule has 0 aliphatic rings. The number of hydrogen-bond acceptors (Lipinski definition) is 3. The minimum absolute atomic E-state index is 0.390. The lowest BCUT2D eigenvalue weighted by molar-refractivity contribution is -0.138. The molecule has 3 nitrogen and oxygen atoms in total. The predicted octanol–water partition coefficient (Wildman–Crippen LogP) is 1.83. The molecule has 0 spiro atoms. The van der Waals surface area contributed by atoms with Gasteiger partial charge in [0.15, 0.2) is 0 Å². The monoisotopic (exact) mass is 219 g/mol. The Labute approximate surface area is 90.7 Å². The number of carboxylic acid groups (broad SMARTS) is 1. The minimum Gasteiger partial charge on any atom is -0.480 e. The number of nitrogens with one attached hydrogen (secondary N) is 1. The highest BCUT2D eigenvalue weighted by Gasteiger charge is 2.15. The zero-order valence-electron chi connectivity index (χ0n) is 9.25. The number of rotatable bonds is 8. The molecule has 0 radical (unpaired) electrons. The van der Waals surface area contributed by atoms with Gasteiger partial charge < -0.3 is 10.4 Å². The van der Waals surface area contributed by atoms with Crippen molar-refractivity contribution >= 4 is 17.7 Å². The lowest BCUT2D eigenvalue weighted by atomic mass is 10.3. The fourth-order valence-corrected chi connectivity index (χ4v) is 2.06. The van der Waals surface area contributed by atoms with E-state index in [1.54, 1.807) is 11.8 Å². The van der Waals surface area contributed by atoms with Crippen LogP contribution in [0.3, 0.4) is 0 Å². The minimum atomic E-state index is -0.741. The smallest absolute Gasteiger partial charge is 0.321 e. The molecule has 0 aromatic rings. The first kappa shape index (κ1) is 13.8. The van der Waals surface area contributed by atoms with Gasteiger partial charge in [-0.2, -0.15) is 11.8 Å². The van der Waals surface area contributed by atoms with Crippen LogP contribution in [0.4, 0.5) is 0 Å². The maximum Gasteiger partial charge on any atom is 0.321 e. The van der Waals surface area contributed by atoms with Crippen molar-refractivity contribution in [3.8, 4) is 0 Å². The van der Waals surface area contributed by atoms with Crippen molar-refractivity contribution in [3.63, 3.8) is 0 Å². The van der Waals surface area contributed by atoms with Crippen molar-refractivity contribution in [1.29, 1.82) is 0 Å². The molecule has 0 aromatic carbocycles. The van der Waals surface area contributed by atoms with E-state index in [9.17, 15) is 4.79 Å². The topological polar surface area (TPSA) is 49.3 Å². The van der Waals surface area contributed by atoms with E-state index in [2.05, 4.69) is 19.2 Å². The second kappa shape index (κ2) is 8.12. The standard InChI is InChI=1S/C10H21NO2S/c1-4-5-11-9(10(12)13)7-14-6-8(2)3/h8-9,11H,4-7H2,1-3H3,(H,12,13). The molecule has 0 aliphatic carbocycles. The van der Waals surface area contributed by atoms with Crippen molar-refractivity contribution in [2.24, 2.45) is 5.92 Å². The average molecular weight is 219 g/mol. The first-order valence-electron chi connectivity index (χ1n) is 5.11. The van der Waals surface area contributed by atoms with Gasteiger partial charge in [-0.3, -0.25) is 4.79 Å². The van der Waals surface area contributed by atoms with Crippen LogP contribution in [0, 0.1) is 5.92 Å². The Hall–Kier alpha value is -0.220. The lowest BCUT2D eigenvalue weighted by Crippen LogP contribution is -2.39. The Morgan fingerprint density at radius 1 is 1.43 bits per heavy atom. The maximum atomic E-state index is 10.8. The third-order valence-electron chi connectivity index (χ3n) is 1.67. The molecule has 0 saturated carbocycles. The Morgan fingerprint density at radius 2 is 2.07 bits per heavy atom. The molecule has 2 N–H and O–H groups in total. The highest BCUT2D eigenvalue weighted by molar-refractivity contribution is 7.99. The normalized spacial score (nSPS) is 13.1. The molecule has 0 amide bonds. The van der Waals surface area contributed by atoms with Crippen molar-refractivity contribution < 1.29 is 9.90 Å². The summed E-state index contributed by atoms with van der Waals surface area (Å²) >= 11 is 1.70. The highest BCUT2D eigenvalue weighted by Crippen LogP contribution is 2.09. The van der Waals surface area contributed by atoms with Gasteiger partial charge in [0.2, 0.25) is 0 Å². The van der Waals surface area contributed by atoms with E-state index >= 15 is 0 Å². The lowest BCUT2D eigenvalue weighted by Gasteiger charge is -2.13. The molecule has 14 heavy (non-hydrogen) atoms. The number of aliphatic carboxylic acids is 1. The van der Waals surface area contributed by atoms with Crippen LogP contribution < -0.4 is 5.32 Å². The predicted molar refractivity (Wildman–Crippen MR) is 61.9 cm³/mol. The summed E-state index contributed by atoms with van der Waals surface area (Å²) in [4.78, 5) is 10.8. The van der Waals surface area contributed by atoms with Crippen molar-refractivity contribution in [1.82, 2.24) is 5.32 Å². The van der Waals surface area contributed by atoms with Crippen LogP contribution in [-0.4, -0.2) is 35.2 Å². The van der Waals surface area contributed by atoms with Crippen LogP contribution in [0.15, 0.2) is 0 Å². The van der Waals surface area contributed by atoms with Gasteiger partial charge in [-0.1, -0.05) is 20.8 Å². The Morgan fingerprint density at radius 3 is 2.50 bits per heavy atom. The zero-order valence-corrected chi connectivity index (χ0v) is 10.1. The van der Waals surface area contributed by atoms with Gasteiger partial charge in [0.1, 0.15) is 6.04 Å². The summed E-state index contributed by atoms with van der Waals surface area (Å²) in [6, 6.07) is -0.390. The SMILES string of the molecule is CCCNC(CSCC(C)C)C(=O)O. The molecule has 84 valence electrons. The molecule has 0 aliphatic heterocycles. The molecular formula is C10H21NO2S. The van der Waals surface area contributed by atoms with E-state index in [0.717, 1.165) is 18.7 Å². The number of thioether (sulfide) groups is 1. The first-order valence-corrected chi connectivity index (χ1v) is 6.27. The van der Waals surface area contributed by atoms with E-state index in [1.807, 2.05) is 6.92 Å². The van der Waals surface area contributed by atoms with Crippen LogP contribution in [0.2, 0.25) is 0 Å². The summed E-state index contributed by atoms with van der Waals surface area (Å²) in [5, 5.41) is 11.9. The largest absolute Gasteiger partial charge is 0.480 e. The van der Waals surface area contributed by atoms with E-state index in [0.29, 0.717) is 11.7 Å². The van der Waals surface area contributed by atoms with Crippen molar-refractivity contribution in [2.45, 2.75) is 33.2 Å². The number of carboxylic acids is 1. The molecule has 0 aromatic heterocycles. The summed E-state index contributed by atoms with van der Waals surface area (Å²) < 4.78 is 0. The number of hydrogen-bond donors (Lipinski definition) is 2. The molecule has 1 unspecified atom stereocenters. The van der Waals surface area contributed by atoms with Gasteiger partial charge in [-0.05, 0) is 24.6 Å². The molecule has 0 saturated heterocycles. The molecule has 0 bridgehead atoms. The van der Waals surface area contributed by atoms with Crippen LogP contribution in [0.5, 0.6) is 0 Å². The van der Waals surface area contributed by atoms with Crippen LogP contribution in [-0.2, 0) is 4.79 Å². The number of carbonyl (C=O) groups is 1. The third-order valence-corrected chi connectivity index (χ3v) is 3.15. The first-order chi connectivity index (χ1) is 6.57. The van der Waals surface area contributed by atoms with Gasteiger partial charge in [-0.15, -0.1) is 0 Å². The summed E-state index contributed by atoms with van der Waals surface area (Å²) in [5.74, 6) is 1.57. The second-order valence-electron chi connectivity index (χ2n) is 3.78. The van der Waals surface area contributed by atoms with Gasteiger partial charge in [0, 0.05) is 5.75 Å². The molecule has 1 atom stereocenters. The third kappa shape index (κ3) is 7.21. The van der Waals surface area contributed by atoms with Crippen LogP contribution in [0.25, 0.3) is 0 Å². The fraction of sp³-hybridized carbons (Fsp3) is 0.900. The summed E-state index contributed by atoms with van der Waals surface area (Å²) in [6.07, 6.45) is 0.971. The van der Waals surface area contributed by atoms with Crippen LogP contribution in [0.1, 0.15) is 27.2 Å². The Balaban J connectivity index is 3.68. The van der Waals surface area contributed by atoms with E-state index in [1.165, 1.54) is 0 Å². The van der Waals surface area contributed by atoms with Gasteiger partial charge in [0.05, 0.1) is 0 Å². The van der Waals surface area contributed by atoms with E-state index in [4.69, 9.17) is 5.11 Å². The summed E-state index contributed by atoms with van der Waals surface area (Å²) in [5.41, 5.74) is 0.